The van der Waals surface area contributed by atoms with Crippen LogP contribution in [0.4, 0.5) is 4.39 Å². The summed E-state index contributed by atoms with van der Waals surface area (Å²) in [6, 6.07) is 6.40. The summed E-state index contributed by atoms with van der Waals surface area (Å²) in [6.07, 6.45) is 0. The van der Waals surface area contributed by atoms with Crippen LogP contribution in [0.3, 0.4) is 0 Å². The molecule has 1 aromatic heterocycles. The first kappa shape index (κ1) is 12.5. The van der Waals surface area contributed by atoms with Crippen molar-refractivity contribution in [1.82, 2.24) is 0 Å². The molecular weight excluding hydrogens is 303 g/mol. The molecule has 4 heteroatoms. The number of benzene rings is 1. The Labute approximate surface area is 111 Å². The smallest absolute Gasteiger partial charge is 0.197 e. The van der Waals surface area contributed by atoms with Crippen LogP contribution in [0, 0.1) is 19.7 Å². The van der Waals surface area contributed by atoms with E-state index in [2.05, 4.69) is 15.9 Å². The quantitative estimate of drug-likeness (QED) is 0.746. The van der Waals surface area contributed by atoms with E-state index >= 15 is 0 Å². The third-order valence-electron chi connectivity index (χ3n) is 2.50. The summed E-state index contributed by atoms with van der Waals surface area (Å²) in [7, 11) is 0. The first-order valence-corrected chi connectivity index (χ1v) is 6.67. The molecule has 0 amide bonds. The molecule has 2 aromatic rings. The van der Waals surface area contributed by atoms with Gasteiger partial charge in [0.1, 0.15) is 5.82 Å². The van der Waals surface area contributed by atoms with Gasteiger partial charge in [-0.3, -0.25) is 4.79 Å². The van der Waals surface area contributed by atoms with Gasteiger partial charge >= 0.3 is 0 Å². The molecule has 0 radical (unpaired) electrons. The largest absolute Gasteiger partial charge is 0.288 e. The molecule has 1 nitrogen and oxygen atoms in total. The van der Waals surface area contributed by atoms with Crippen LogP contribution in [-0.4, -0.2) is 5.78 Å². The van der Waals surface area contributed by atoms with Gasteiger partial charge in [-0.25, -0.2) is 4.39 Å². The van der Waals surface area contributed by atoms with Gasteiger partial charge in [0.2, 0.25) is 0 Å². The Morgan fingerprint density at radius 2 is 1.94 bits per heavy atom. The van der Waals surface area contributed by atoms with Crippen molar-refractivity contribution >= 4 is 33.0 Å². The van der Waals surface area contributed by atoms with E-state index in [-0.39, 0.29) is 11.3 Å². The lowest BCUT2D eigenvalue weighted by Crippen LogP contribution is -2.04. The predicted octanol–water partition coefficient (Wildman–Crippen LogP) is 4.50. The highest BCUT2D eigenvalue weighted by Crippen LogP contribution is 2.28. The molecule has 17 heavy (non-hydrogen) atoms. The van der Waals surface area contributed by atoms with Crippen LogP contribution in [0.2, 0.25) is 0 Å². The molecular formula is C13H10BrFOS. The summed E-state index contributed by atoms with van der Waals surface area (Å²) in [5.74, 6) is -0.723. The first-order chi connectivity index (χ1) is 7.99. The standard InChI is InChI=1S/C13H10BrFOS/c1-7-3-4-9(11(15)5-7)13(16)10-6-12(14)17-8(10)2/h3-6H,1-2H3. The minimum atomic E-state index is -0.461. The molecule has 1 aromatic carbocycles. The van der Waals surface area contributed by atoms with E-state index in [1.165, 1.54) is 23.5 Å². The molecule has 0 atom stereocenters. The van der Waals surface area contributed by atoms with Gasteiger partial charge in [0.05, 0.1) is 9.35 Å². The monoisotopic (exact) mass is 312 g/mol. The van der Waals surface area contributed by atoms with Crippen LogP contribution in [0.5, 0.6) is 0 Å². The summed E-state index contributed by atoms with van der Waals surface area (Å²) in [5.41, 5.74) is 1.50. The lowest BCUT2D eigenvalue weighted by atomic mass is 10.0. The molecule has 0 saturated heterocycles. The Morgan fingerprint density at radius 3 is 2.47 bits per heavy atom. The summed E-state index contributed by atoms with van der Waals surface area (Å²) >= 11 is 4.80. The van der Waals surface area contributed by atoms with E-state index in [1.54, 1.807) is 19.1 Å². The molecule has 0 N–H and O–H groups in total. The molecule has 0 aliphatic carbocycles. The molecule has 1 heterocycles. The Hall–Kier alpha value is -1.00. The second-order valence-electron chi connectivity index (χ2n) is 3.83. The lowest BCUT2D eigenvalue weighted by molar-refractivity contribution is 0.103. The van der Waals surface area contributed by atoms with Crippen LogP contribution < -0.4 is 0 Å². The maximum Gasteiger partial charge on any atom is 0.197 e. The van der Waals surface area contributed by atoms with Crippen molar-refractivity contribution in [1.29, 1.82) is 0 Å². The van der Waals surface area contributed by atoms with E-state index in [1.807, 2.05) is 6.92 Å². The summed E-state index contributed by atoms with van der Waals surface area (Å²) < 4.78 is 14.6. The zero-order valence-corrected chi connectivity index (χ0v) is 11.8. The van der Waals surface area contributed by atoms with Crippen LogP contribution in [-0.2, 0) is 0 Å². The Bertz CT molecular complexity index is 589. The van der Waals surface area contributed by atoms with Crippen molar-refractivity contribution in [3.8, 4) is 0 Å². The van der Waals surface area contributed by atoms with Crippen molar-refractivity contribution in [2.75, 3.05) is 0 Å². The van der Waals surface area contributed by atoms with E-state index in [0.29, 0.717) is 5.56 Å². The summed E-state index contributed by atoms with van der Waals surface area (Å²) in [4.78, 5) is 13.0. The average molecular weight is 313 g/mol. The molecule has 0 fully saturated rings. The SMILES string of the molecule is Cc1ccc(C(=O)c2cc(Br)sc2C)c(F)c1. The molecule has 0 unspecified atom stereocenters. The second kappa shape index (κ2) is 4.70. The number of carbonyl (C=O) groups is 1. The third-order valence-corrected chi connectivity index (χ3v) is 4.06. The fraction of sp³-hybridized carbons (Fsp3) is 0.154. The summed E-state index contributed by atoms with van der Waals surface area (Å²) in [6.45, 7) is 3.65. The highest BCUT2D eigenvalue weighted by molar-refractivity contribution is 9.11. The predicted molar refractivity (Wildman–Crippen MR) is 71.3 cm³/mol. The lowest BCUT2D eigenvalue weighted by Gasteiger charge is -2.03. The van der Waals surface area contributed by atoms with Crippen LogP contribution in [0.25, 0.3) is 0 Å². The van der Waals surface area contributed by atoms with Gasteiger partial charge < -0.3 is 0 Å². The van der Waals surface area contributed by atoms with Gasteiger partial charge in [-0.2, -0.15) is 0 Å². The fourth-order valence-corrected chi connectivity index (χ4v) is 3.31. The molecule has 0 aliphatic heterocycles. The first-order valence-electron chi connectivity index (χ1n) is 5.06. The van der Waals surface area contributed by atoms with Crippen molar-refractivity contribution in [2.45, 2.75) is 13.8 Å². The van der Waals surface area contributed by atoms with E-state index in [0.717, 1.165) is 14.2 Å². The number of aryl methyl sites for hydroxylation is 2. The van der Waals surface area contributed by atoms with Crippen molar-refractivity contribution < 1.29 is 9.18 Å². The fourth-order valence-electron chi connectivity index (χ4n) is 1.62. The number of rotatable bonds is 2. The number of halogens is 2. The number of ketones is 1. The molecule has 88 valence electrons. The Morgan fingerprint density at radius 1 is 1.24 bits per heavy atom. The zero-order valence-electron chi connectivity index (χ0n) is 9.38. The third kappa shape index (κ3) is 2.48. The van der Waals surface area contributed by atoms with Crippen LogP contribution in [0.15, 0.2) is 28.1 Å². The highest BCUT2D eigenvalue weighted by atomic mass is 79.9. The normalized spacial score (nSPS) is 10.6. The van der Waals surface area contributed by atoms with Crippen LogP contribution in [0.1, 0.15) is 26.4 Å². The van der Waals surface area contributed by atoms with Crippen molar-refractivity contribution in [3.05, 3.63) is 55.4 Å². The number of carbonyl (C=O) groups excluding carboxylic acids is 1. The van der Waals surface area contributed by atoms with Gasteiger partial charge in [0.25, 0.3) is 0 Å². The Kier molecular flexibility index (Phi) is 3.45. The topological polar surface area (TPSA) is 17.1 Å². The van der Waals surface area contributed by atoms with Crippen LogP contribution >= 0.6 is 27.3 Å². The minimum absolute atomic E-state index is 0.129. The van der Waals surface area contributed by atoms with Gasteiger partial charge in [-0.15, -0.1) is 11.3 Å². The van der Waals surface area contributed by atoms with Crippen molar-refractivity contribution in [2.24, 2.45) is 0 Å². The van der Waals surface area contributed by atoms with E-state index in [9.17, 15) is 9.18 Å². The maximum atomic E-state index is 13.7. The van der Waals surface area contributed by atoms with E-state index in [4.69, 9.17) is 0 Å². The molecule has 2 rings (SSSR count). The number of hydrogen-bond acceptors (Lipinski definition) is 2. The molecule has 0 bridgehead atoms. The van der Waals surface area contributed by atoms with E-state index < -0.39 is 5.82 Å². The van der Waals surface area contributed by atoms with Gasteiger partial charge in [-0.05, 0) is 53.5 Å². The molecule has 0 spiro atoms. The van der Waals surface area contributed by atoms with Gasteiger partial charge in [0.15, 0.2) is 5.78 Å². The van der Waals surface area contributed by atoms with Gasteiger partial charge in [0, 0.05) is 10.4 Å². The zero-order chi connectivity index (χ0) is 12.6. The number of thiophene rings is 1. The average Bonchev–Trinajstić information content (AvgIpc) is 2.57. The second-order valence-corrected chi connectivity index (χ2v) is 6.47. The highest BCUT2D eigenvalue weighted by Gasteiger charge is 2.17. The minimum Gasteiger partial charge on any atom is -0.288 e. The number of hydrogen-bond donors (Lipinski definition) is 0. The molecule has 0 aliphatic rings. The summed E-state index contributed by atoms with van der Waals surface area (Å²) in [5, 5.41) is 0. The van der Waals surface area contributed by atoms with Gasteiger partial charge in [-0.1, -0.05) is 6.07 Å². The molecule has 0 saturated carbocycles. The Balaban J connectivity index is 2.47. The van der Waals surface area contributed by atoms with Crippen molar-refractivity contribution in [3.63, 3.8) is 0 Å². The maximum absolute atomic E-state index is 13.7.